The monoisotopic (exact) mass is 1260 g/mol. The molecule has 15 N–H and O–H groups in total. The summed E-state index contributed by atoms with van der Waals surface area (Å²) in [6, 6.07) is 20.3. The van der Waals surface area contributed by atoms with Crippen LogP contribution in [-0.2, 0) is 66.2 Å². The zero-order valence-corrected chi connectivity index (χ0v) is 48.1. The highest BCUT2D eigenvalue weighted by atomic mass is 32.2. The third kappa shape index (κ3) is 14.9. The van der Waals surface area contributed by atoms with Gasteiger partial charge in [0.25, 0.3) is 20.2 Å². The smallest absolute Gasteiger partial charge is 0.337 e. The van der Waals surface area contributed by atoms with Gasteiger partial charge in [0.05, 0.1) is 43.8 Å². The second-order valence-corrected chi connectivity index (χ2v) is 21.9. The van der Waals surface area contributed by atoms with Crippen molar-refractivity contribution in [2.75, 3.05) is 46.0 Å². The van der Waals surface area contributed by atoms with Crippen LogP contribution in [0.4, 0.5) is 81.2 Å². The quantitative estimate of drug-likeness (QED) is 0.0109. The summed E-state index contributed by atoms with van der Waals surface area (Å²) in [5.74, 6) is -3.67. The Balaban J connectivity index is 1.02. The number of hydrogen-bond donors (Lipinski definition) is 15. The molecule has 0 spiro atoms. The highest BCUT2D eigenvalue weighted by molar-refractivity contribution is 7.86. The van der Waals surface area contributed by atoms with E-state index >= 15 is 0 Å². The molecule has 462 valence electrons. The normalized spacial score (nSPS) is 11.9. The van der Waals surface area contributed by atoms with E-state index in [0.29, 0.717) is 33.4 Å². The zero-order chi connectivity index (χ0) is 63.9. The van der Waals surface area contributed by atoms with Gasteiger partial charge in [-0.25, -0.2) is 24.3 Å². The van der Waals surface area contributed by atoms with E-state index in [9.17, 15) is 46.1 Å². The van der Waals surface area contributed by atoms with Crippen LogP contribution in [0.5, 0.6) is 11.5 Å². The minimum absolute atomic E-state index is 0.0305. The van der Waals surface area contributed by atoms with Gasteiger partial charge in [0.2, 0.25) is 35.7 Å². The predicted octanol–water partition coefficient (Wildman–Crippen LogP) is 10.4. The Morgan fingerprint density at radius 1 is 0.472 bits per heavy atom. The molecule has 0 radical (unpaired) electrons. The van der Waals surface area contributed by atoms with Gasteiger partial charge >= 0.3 is 5.97 Å². The van der Waals surface area contributed by atoms with E-state index in [-0.39, 0.29) is 135 Å². The number of hydrogen-bond acceptors (Lipinski definition) is 31. The van der Waals surface area contributed by atoms with Crippen molar-refractivity contribution in [3.8, 4) is 11.5 Å². The number of anilines is 10. The number of aryl methyl sites for hydroxylation is 2. The van der Waals surface area contributed by atoms with Crippen molar-refractivity contribution in [3.63, 3.8) is 0 Å². The van der Waals surface area contributed by atoms with Crippen LogP contribution in [0, 0.1) is 13.8 Å². The maximum atomic E-state index is 12.9. The second kappa shape index (κ2) is 26.7. The standard InChI is InChI=1S/C53H50N16O18S2/c1-24-7-30-15-35(88(78,79)80)18-39(41(30)45(70)43(24)68-66-33-11-26(20-84-74)9-27(12-33)21-85-75)58-52-62-48(54-3)60-50(64-52)56-32-5-6-38(37(17-32)47(72)73)57-51-61-49(55-4)63-53(65-51)59-40-19-36(89(81,82)83)16-31-8-25(2)44(46(71)42(31)40)69-67-34-13-28(22-86-76)10-29(14-34)23-87-77/h5-19,70-71,74-77H,20-23H2,1-4H3,(H,72,73)(H,78,79,80)(H,81,82,83)(H3,54,56,58,60,62,64)(H3,55,57,59,61,63,65). The number of benzene rings is 7. The molecule has 34 nitrogen and oxygen atoms in total. The average Bonchev–Trinajstić information content (AvgIpc) is 0.871. The first-order chi connectivity index (χ1) is 42.5. The SMILES string of the molecule is CNc1nc(Nc2ccc(Nc3nc(NC)nc(Nc4cc(S(=O)(=O)O)cc5cc(C)c(N=Nc6cc(COO)cc(COO)c6)c(O)c45)n3)c(C(=O)O)c2)nc(Nc2cc(S(=O)(=O)O)cc3cc(C)c(N=Nc4cc(COO)cc(COO)c4)c(O)c23)n1. The predicted molar refractivity (Wildman–Crippen MR) is 317 cm³/mol. The van der Waals surface area contributed by atoms with Gasteiger partial charge in [-0.1, -0.05) is 12.1 Å². The van der Waals surface area contributed by atoms with Gasteiger partial charge in [-0.15, -0.1) is 10.2 Å². The lowest BCUT2D eigenvalue weighted by atomic mass is 10.0. The van der Waals surface area contributed by atoms with Crippen molar-refractivity contribution in [2.24, 2.45) is 20.5 Å². The summed E-state index contributed by atoms with van der Waals surface area (Å²) in [6.45, 7) is 2.12. The first-order valence-corrected chi connectivity index (χ1v) is 28.4. The van der Waals surface area contributed by atoms with E-state index in [1.807, 2.05) is 0 Å². The third-order valence-corrected chi connectivity index (χ3v) is 14.5. The molecule has 0 unspecified atom stereocenters. The van der Waals surface area contributed by atoms with Gasteiger partial charge < -0.3 is 47.2 Å². The summed E-state index contributed by atoms with van der Waals surface area (Å²) in [6.07, 6.45) is 0. The highest BCUT2D eigenvalue weighted by Crippen LogP contribution is 2.46. The lowest BCUT2D eigenvalue weighted by molar-refractivity contribution is -0.254. The van der Waals surface area contributed by atoms with Crippen LogP contribution in [-0.4, -0.2) is 112 Å². The molecule has 0 amide bonds. The molecule has 9 aromatic rings. The summed E-state index contributed by atoms with van der Waals surface area (Å²) >= 11 is 0. The molecule has 7 aromatic carbocycles. The van der Waals surface area contributed by atoms with E-state index in [2.05, 4.69) is 102 Å². The topological polar surface area (TPSA) is 503 Å². The molecule has 0 aliphatic carbocycles. The Kier molecular flexibility index (Phi) is 19.0. The van der Waals surface area contributed by atoms with Crippen LogP contribution in [0.1, 0.15) is 43.7 Å². The van der Waals surface area contributed by atoms with E-state index in [1.54, 1.807) is 26.0 Å². The number of azo groups is 2. The Labute approximate surface area is 501 Å². The highest BCUT2D eigenvalue weighted by Gasteiger charge is 2.24. The lowest BCUT2D eigenvalue weighted by Crippen LogP contribution is -2.10. The van der Waals surface area contributed by atoms with Crippen molar-refractivity contribution >= 4 is 129 Å². The van der Waals surface area contributed by atoms with Gasteiger partial charge in [-0.05, 0) is 137 Å². The molecule has 9 rings (SSSR count). The molecule has 0 saturated heterocycles. The van der Waals surface area contributed by atoms with Crippen LogP contribution < -0.4 is 31.9 Å². The van der Waals surface area contributed by atoms with Gasteiger partial charge in [0, 0.05) is 30.6 Å². The molecule has 0 aliphatic rings. The lowest BCUT2D eigenvalue weighted by Gasteiger charge is -2.16. The van der Waals surface area contributed by atoms with Crippen molar-refractivity contribution < 1.29 is 86.6 Å². The number of carbonyl (C=O) groups is 1. The van der Waals surface area contributed by atoms with Crippen molar-refractivity contribution in [3.05, 3.63) is 130 Å². The van der Waals surface area contributed by atoms with Crippen molar-refractivity contribution in [2.45, 2.75) is 50.1 Å². The molecule has 0 saturated carbocycles. The van der Waals surface area contributed by atoms with Gasteiger partial charge in [0.1, 0.15) is 37.8 Å². The summed E-state index contributed by atoms with van der Waals surface area (Å²) in [5, 5.41) is 104. The first-order valence-electron chi connectivity index (χ1n) is 25.5. The number of aromatic nitrogens is 6. The molecular weight excluding hydrogens is 1210 g/mol. The maximum absolute atomic E-state index is 12.9. The molecule has 2 heterocycles. The van der Waals surface area contributed by atoms with E-state index in [1.165, 1.54) is 68.7 Å². The summed E-state index contributed by atoms with van der Waals surface area (Å²) in [4.78, 5) is 54.8. The van der Waals surface area contributed by atoms with Gasteiger partial charge in [-0.2, -0.15) is 57.0 Å². The third-order valence-electron chi connectivity index (χ3n) is 12.8. The van der Waals surface area contributed by atoms with E-state index in [4.69, 9.17) is 21.0 Å². The fourth-order valence-corrected chi connectivity index (χ4v) is 10.1. The molecule has 0 bridgehead atoms. The van der Waals surface area contributed by atoms with Crippen LogP contribution >= 0.6 is 0 Å². The number of rotatable bonds is 25. The molecule has 36 heteroatoms. The fourth-order valence-electron chi connectivity index (χ4n) is 9.04. The Morgan fingerprint density at radius 2 is 0.831 bits per heavy atom. The minimum atomic E-state index is -4.89. The number of nitrogens with zero attached hydrogens (tertiary/aromatic N) is 10. The zero-order valence-electron chi connectivity index (χ0n) is 46.5. The number of aromatic carboxylic acids is 1. The number of carboxylic acid groups (broad SMARTS) is 1. The van der Waals surface area contributed by atoms with Crippen LogP contribution in [0.15, 0.2) is 121 Å². The summed E-state index contributed by atoms with van der Waals surface area (Å²) in [5.41, 5.74) is 1.89. The molecule has 0 aliphatic heterocycles. The summed E-state index contributed by atoms with van der Waals surface area (Å²) in [7, 11) is -6.83. The number of fused-ring (bicyclic) bond motifs is 2. The van der Waals surface area contributed by atoms with Gasteiger partial charge in [-0.3, -0.25) is 30.1 Å². The number of phenolic OH excluding ortho intramolecular Hbond substituents is 2. The fraction of sp³-hybridized carbons (Fsp3) is 0.151. The largest absolute Gasteiger partial charge is 0.505 e. The molecular formula is C53H50N16O18S2. The average molecular weight is 1260 g/mol. The van der Waals surface area contributed by atoms with E-state index in [0.717, 1.165) is 24.3 Å². The van der Waals surface area contributed by atoms with Crippen molar-refractivity contribution in [1.29, 1.82) is 0 Å². The van der Waals surface area contributed by atoms with Crippen LogP contribution in [0.3, 0.4) is 0 Å². The van der Waals surface area contributed by atoms with E-state index < -0.39 is 47.5 Å². The maximum Gasteiger partial charge on any atom is 0.337 e. The molecule has 0 atom stereocenters. The number of nitrogens with one attached hydrogen (secondary N) is 6. The Morgan fingerprint density at radius 3 is 1.18 bits per heavy atom. The molecule has 89 heavy (non-hydrogen) atoms. The first kappa shape index (κ1) is 63.2. The molecule has 2 aromatic heterocycles. The Hall–Kier alpha value is -10.4. The number of phenols is 2. The number of carboxylic acids is 1. The van der Waals surface area contributed by atoms with Crippen molar-refractivity contribution in [1.82, 2.24) is 29.9 Å². The molecule has 0 fully saturated rings. The van der Waals surface area contributed by atoms with Crippen LogP contribution in [0.25, 0.3) is 21.5 Å². The minimum Gasteiger partial charge on any atom is -0.505 e. The van der Waals surface area contributed by atoms with Crippen LogP contribution in [0.2, 0.25) is 0 Å². The van der Waals surface area contributed by atoms with Gasteiger partial charge in [0.15, 0.2) is 11.5 Å². The number of aromatic hydroxyl groups is 2. The summed E-state index contributed by atoms with van der Waals surface area (Å²) < 4.78 is 70.8. The second-order valence-electron chi connectivity index (χ2n) is 19.1. The Bertz CT molecular complexity index is 4500.